The highest BCUT2D eigenvalue weighted by Gasteiger charge is 2.12. The van der Waals surface area contributed by atoms with E-state index in [0.29, 0.717) is 0 Å². The zero-order chi connectivity index (χ0) is 9.56. The second-order valence-electron chi connectivity index (χ2n) is 2.61. The first-order valence-electron chi connectivity index (χ1n) is 3.77. The largest absolute Gasteiger partial charge is 0.395 e. The highest BCUT2D eigenvalue weighted by atomic mass is 16.3. The molecule has 0 aliphatic heterocycles. The molecule has 5 nitrogen and oxygen atoms in total. The molecule has 0 saturated heterocycles. The van der Waals surface area contributed by atoms with Crippen molar-refractivity contribution >= 4 is 11.8 Å². The average Bonchev–Trinajstić information content (AvgIpc) is 1.98. The maximum Gasteiger partial charge on any atom is 0.309 e. The SMILES string of the molecule is CC(C)NC(=O)C(=O)NCCO. The summed E-state index contributed by atoms with van der Waals surface area (Å²) in [6.45, 7) is 3.46. The van der Waals surface area contributed by atoms with Crippen LogP contribution in [0, 0.1) is 0 Å². The van der Waals surface area contributed by atoms with E-state index in [9.17, 15) is 9.59 Å². The predicted molar refractivity (Wildman–Crippen MR) is 43.4 cm³/mol. The van der Waals surface area contributed by atoms with Gasteiger partial charge in [0, 0.05) is 12.6 Å². The van der Waals surface area contributed by atoms with Crippen LogP contribution in [0.1, 0.15) is 13.8 Å². The van der Waals surface area contributed by atoms with Crippen LogP contribution in [0.3, 0.4) is 0 Å². The summed E-state index contributed by atoms with van der Waals surface area (Å²) < 4.78 is 0. The van der Waals surface area contributed by atoms with Crippen LogP contribution in [0.4, 0.5) is 0 Å². The van der Waals surface area contributed by atoms with Gasteiger partial charge >= 0.3 is 11.8 Å². The van der Waals surface area contributed by atoms with E-state index < -0.39 is 11.8 Å². The summed E-state index contributed by atoms with van der Waals surface area (Å²) in [4.78, 5) is 21.7. The van der Waals surface area contributed by atoms with Crippen molar-refractivity contribution in [1.82, 2.24) is 10.6 Å². The molecule has 12 heavy (non-hydrogen) atoms. The number of nitrogens with one attached hydrogen (secondary N) is 2. The normalized spacial score (nSPS) is 9.67. The molecule has 0 aliphatic rings. The van der Waals surface area contributed by atoms with Crippen LogP contribution in [0.5, 0.6) is 0 Å². The van der Waals surface area contributed by atoms with Crippen molar-refractivity contribution in [3.8, 4) is 0 Å². The summed E-state index contributed by atoms with van der Waals surface area (Å²) in [5.41, 5.74) is 0. The van der Waals surface area contributed by atoms with E-state index in [2.05, 4.69) is 10.6 Å². The summed E-state index contributed by atoms with van der Waals surface area (Å²) in [5.74, 6) is -1.38. The molecule has 0 heterocycles. The first-order chi connectivity index (χ1) is 5.57. The lowest BCUT2D eigenvalue weighted by Gasteiger charge is -2.07. The van der Waals surface area contributed by atoms with Crippen LogP contribution < -0.4 is 10.6 Å². The summed E-state index contributed by atoms with van der Waals surface area (Å²) >= 11 is 0. The summed E-state index contributed by atoms with van der Waals surface area (Å²) in [6, 6.07) is -0.0580. The Kier molecular flexibility index (Phi) is 5.03. The smallest absolute Gasteiger partial charge is 0.309 e. The summed E-state index contributed by atoms with van der Waals surface area (Å²) in [7, 11) is 0. The molecule has 0 rings (SSSR count). The third-order valence-electron chi connectivity index (χ3n) is 1.02. The highest BCUT2D eigenvalue weighted by Crippen LogP contribution is 1.76. The van der Waals surface area contributed by atoms with Crippen LogP contribution in [0.15, 0.2) is 0 Å². The van der Waals surface area contributed by atoms with Crippen molar-refractivity contribution in [3.63, 3.8) is 0 Å². The monoisotopic (exact) mass is 174 g/mol. The quantitative estimate of drug-likeness (QED) is 0.461. The number of hydrogen-bond acceptors (Lipinski definition) is 3. The number of aliphatic hydroxyl groups is 1. The van der Waals surface area contributed by atoms with Crippen molar-refractivity contribution in [2.24, 2.45) is 0 Å². The first-order valence-corrected chi connectivity index (χ1v) is 3.77. The molecule has 0 unspecified atom stereocenters. The zero-order valence-electron chi connectivity index (χ0n) is 7.26. The molecule has 0 aromatic carbocycles. The van der Waals surface area contributed by atoms with Crippen molar-refractivity contribution in [1.29, 1.82) is 0 Å². The first kappa shape index (κ1) is 10.9. The molecule has 0 bridgehead atoms. The Morgan fingerprint density at radius 2 is 1.92 bits per heavy atom. The van der Waals surface area contributed by atoms with Crippen LogP contribution in [0.2, 0.25) is 0 Å². The topological polar surface area (TPSA) is 78.4 Å². The van der Waals surface area contributed by atoms with E-state index in [1.807, 2.05) is 0 Å². The minimum Gasteiger partial charge on any atom is -0.395 e. The van der Waals surface area contributed by atoms with Crippen LogP contribution >= 0.6 is 0 Å². The maximum atomic E-state index is 10.9. The molecule has 3 N–H and O–H groups in total. The van der Waals surface area contributed by atoms with Gasteiger partial charge < -0.3 is 15.7 Å². The van der Waals surface area contributed by atoms with E-state index in [4.69, 9.17) is 5.11 Å². The number of carbonyl (C=O) groups excluding carboxylic acids is 2. The van der Waals surface area contributed by atoms with Crippen LogP contribution in [-0.4, -0.2) is 36.1 Å². The van der Waals surface area contributed by atoms with Gasteiger partial charge in [0.15, 0.2) is 0 Å². The minimum atomic E-state index is -0.710. The fraction of sp³-hybridized carbons (Fsp3) is 0.714. The van der Waals surface area contributed by atoms with Gasteiger partial charge in [0.1, 0.15) is 0 Å². The summed E-state index contributed by atoms with van der Waals surface area (Å²) in [6.07, 6.45) is 0. The Hall–Kier alpha value is -1.10. The summed E-state index contributed by atoms with van der Waals surface area (Å²) in [5, 5.41) is 13.0. The Balaban J connectivity index is 3.70. The lowest BCUT2D eigenvalue weighted by Crippen LogP contribution is -2.43. The lowest BCUT2D eigenvalue weighted by molar-refractivity contribution is -0.139. The number of amides is 2. The molecule has 0 atom stereocenters. The Morgan fingerprint density at radius 1 is 1.33 bits per heavy atom. The fourth-order valence-corrected chi connectivity index (χ4v) is 0.577. The number of rotatable bonds is 3. The van der Waals surface area contributed by atoms with Gasteiger partial charge in [-0.25, -0.2) is 0 Å². The second-order valence-corrected chi connectivity index (χ2v) is 2.61. The lowest BCUT2D eigenvalue weighted by atomic mass is 10.4. The molecule has 0 aromatic rings. The Labute approximate surface area is 71.1 Å². The van der Waals surface area contributed by atoms with Crippen molar-refractivity contribution < 1.29 is 14.7 Å². The van der Waals surface area contributed by atoms with E-state index in [1.165, 1.54) is 0 Å². The molecular formula is C7H14N2O3. The molecule has 5 heteroatoms. The van der Waals surface area contributed by atoms with Gasteiger partial charge in [0.05, 0.1) is 6.61 Å². The van der Waals surface area contributed by atoms with Crippen LogP contribution in [0.25, 0.3) is 0 Å². The molecule has 0 radical (unpaired) electrons. The standard InChI is InChI=1S/C7H14N2O3/c1-5(2)9-7(12)6(11)8-3-4-10/h5,10H,3-4H2,1-2H3,(H,8,11)(H,9,12). The molecule has 2 amide bonds. The van der Waals surface area contributed by atoms with Crippen LogP contribution in [-0.2, 0) is 9.59 Å². The van der Waals surface area contributed by atoms with Gasteiger partial charge in [-0.15, -0.1) is 0 Å². The van der Waals surface area contributed by atoms with E-state index in [1.54, 1.807) is 13.8 Å². The Morgan fingerprint density at radius 3 is 2.33 bits per heavy atom. The zero-order valence-corrected chi connectivity index (χ0v) is 7.26. The molecule has 0 aromatic heterocycles. The molecule has 0 spiro atoms. The van der Waals surface area contributed by atoms with Gasteiger partial charge in [-0.05, 0) is 13.8 Å². The van der Waals surface area contributed by atoms with Gasteiger partial charge in [-0.2, -0.15) is 0 Å². The highest BCUT2D eigenvalue weighted by molar-refractivity contribution is 6.35. The molecule has 0 fully saturated rings. The Bertz CT molecular complexity index is 168. The number of carbonyl (C=O) groups is 2. The van der Waals surface area contributed by atoms with Gasteiger partial charge in [-0.3, -0.25) is 9.59 Å². The van der Waals surface area contributed by atoms with Gasteiger partial charge in [-0.1, -0.05) is 0 Å². The molecule has 0 saturated carbocycles. The third-order valence-corrected chi connectivity index (χ3v) is 1.02. The fourth-order valence-electron chi connectivity index (χ4n) is 0.577. The maximum absolute atomic E-state index is 10.9. The minimum absolute atomic E-state index is 0.0580. The van der Waals surface area contributed by atoms with Gasteiger partial charge in [0.25, 0.3) is 0 Å². The number of aliphatic hydroxyl groups excluding tert-OH is 1. The predicted octanol–water partition coefficient (Wildman–Crippen LogP) is -1.38. The molecular weight excluding hydrogens is 160 g/mol. The van der Waals surface area contributed by atoms with Crippen molar-refractivity contribution in [2.45, 2.75) is 19.9 Å². The molecule has 0 aliphatic carbocycles. The second kappa shape index (κ2) is 5.54. The van der Waals surface area contributed by atoms with Gasteiger partial charge in [0.2, 0.25) is 0 Å². The van der Waals surface area contributed by atoms with Crippen molar-refractivity contribution in [3.05, 3.63) is 0 Å². The van der Waals surface area contributed by atoms with Crippen molar-refractivity contribution in [2.75, 3.05) is 13.2 Å². The average molecular weight is 174 g/mol. The van der Waals surface area contributed by atoms with E-state index in [-0.39, 0.29) is 19.2 Å². The van der Waals surface area contributed by atoms with E-state index in [0.717, 1.165) is 0 Å². The van der Waals surface area contributed by atoms with E-state index >= 15 is 0 Å². The molecule has 70 valence electrons. The number of hydrogen-bond donors (Lipinski definition) is 3. The third kappa shape index (κ3) is 4.68.